The fraction of sp³-hybridized carbons (Fsp3) is 0.556. The number of benzene rings is 2. The van der Waals surface area contributed by atoms with Gasteiger partial charge in [0.1, 0.15) is 5.60 Å². The number of rotatable bonds is 9. The number of hydrogen-bond donors (Lipinski definition) is 3. The lowest BCUT2D eigenvalue weighted by atomic mass is 9.84. The van der Waals surface area contributed by atoms with Crippen molar-refractivity contribution in [1.82, 2.24) is 5.32 Å². The second-order valence-electron chi connectivity index (χ2n) is 9.80. The van der Waals surface area contributed by atoms with Gasteiger partial charge in [0.2, 0.25) is 0 Å². The molecule has 2 atom stereocenters. The Bertz CT molecular complexity index is 931. The van der Waals surface area contributed by atoms with E-state index < -0.39 is 29.7 Å². The fourth-order valence-corrected chi connectivity index (χ4v) is 4.43. The Morgan fingerprint density at radius 2 is 1.79 bits per heavy atom. The minimum atomic E-state index is -1.38. The second kappa shape index (κ2) is 11.5. The first-order valence-electron chi connectivity index (χ1n) is 12.3. The zero-order chi connectivity index (χ0) is 23.8. The van der Waals surface area contributed by atoms with Crippen LogP contribution in [0.15, 0.2) is 42.5 Å². The minimum Gasteiger partial charge on any atom is -0.444 e. The first-order valence-corrected chi connectivity index (χ1v) is 12.3. The van der Waals surface area contributed by atoms with E-state index in [-0.39, 0.29) is 0 Å². The van der Waals surface area contributed by atoms with Crippen molar-refractivity contribution in [3.8, 4) is 0 Å². The van der Waals surface area contributed by atoms with Crippen LogP contribution in [0.3, 0.4) is 0 Å². The van der Waals surface area contributed by atoms with E-state index in [2.05, 4.69) is 10.6 Å². The van der Waals surface area contributed by atoms with Crippen LogP contribution in [0.2, 0.25) is 0 Å². The zero-order valence-electron chi connectivity index (χ0n) is 20.1. The van der Waals surface area contributed by atoms with Gasteiger partial charge in [0, 0.05) is 11.1 Å². The van der Waals surface area contributed by atoms with Crippen LogP contribution in [0.5, 0.6) is 0 Å². The molecule has 180 valence electrons. The number of amides is 2. The quantitative estimate of drug-likeness (QED) is 0.448. The van der Waals surface area contributed by atoms with Crippen molar-refractivity contribution in [1.29, 1.82) is 0 Å². The van der Waals surface area contributed by atoms with Crippen molar-refractivity contribution in [2.24, 2.45) is 5.92 Å². The summed E-state index contributed by atoms with van der Waals surface area (Å²) in [5.41, 5.74) is 0.0200. The number of carbonyl (C=O) groups is 2. The van der Waals surface area contributed by atoms with E-state index in [0.717, 1.165) is 17.2 Å². The monoisotopic (exact) mass is 454 g/mol. The molecule has 0 aliphatic heterocycles. The van der Waals surface area contributed by atoms with Crippen molar-refractivity contribution >= 4 is 28.5 Å². The zero-order valence-corrected chi connectivity index (χ0v) is 20.1. The highest BCUT2D eigenvalue weighted by Crippen LogP contribution is 2.29. The van der Waals surface area contributed by atoms with Crippen LogP contribution in [0.4, 0.5) is 10.5 Å². The van der Waals surface area contributed by atoms with Gasteiger partial charge in [0.15, 0.2) is 6.10 Å². The van der Waals surface area contributed by atoms with Crippen LogP contribution >= 0.6 is 0 Å². The van der Waals surface area contributed by atoms with E-state index in [1.807, 2.05) is 63.2 Å². The lowest BCUT2D eigenvalue weighted by Gasteiger charge is -2.29. The Kier molecular flexibility index (Phi) is 8.73. The van der Waals surface area contributed by atoms with Crippen LogP contribution in [0.1, 0.15) is 72.1 Å². The van der Waals surface area contributed by atoms with Gasteiger partial charge in [0.25, 0.3) is 5.91 Å². The summed E-state index contributed by atoms with van der Waals surface area (Å²) in [5.74, 6) is 0.0366. The Morgan fingerprint density at radius 1 is 1.09 bits per heavy atom. The molecule has 0 spiro atoms. The van der Waals surface area contributed by atoms with E-state index in [0.29, 0.717) is 24.4 Å². The summed E-state index contributed by atoms with van der Waals surface area (Å²) in [7, 11) is 0. The largest absolute Gasteiger partial charge is 0.444 e. The van der Waals surface area contributed by atoms with Crippen molar-refractivity contribution < 1.29 is 19.4 Å². The predicted octanol–water partition coefficient (Wildman–Crippen LogP) is 5.78. The third-order valence-corrected chi connectivity index (χ3v) is 6.83. The van der Waals surface area contributed by atoms with Gasteiger partial charge in [-0.1, -0.05) is 75.4 Å². The maximum absolute atomic E-state index is 13.0. The highest BCUT2D eigenvalue weighted by molar-refractivity contribution is 6.03. The molecule has 1 saturated carbocycles. The average molecular weight is 455 g/mol. The van der Waals surface area contributed by atoms with Gasteiger partial charge in [-0.3, -0.25) is 4.79 Å². The lowest BCUT2D eigenvalue weighted by molar-refractivity contribution is -0.125. The molecule has 3 rings (SSSR count). The number of carbonyl (C=O) groups excluding carboxylic acids is 2. The normalized spacial score (nSPS) is 16.7. The summed E-state index contributed by atoms with van der Waals surface area (Å²) in [5, 5.41) is 18.5. The third-order valence-electron chi connectivity index (χ3n) is 6.83. The third kappa shape index (κ3) is 7.19. The summed E-state index contributed by atoms with van der Waals surface area (Å²) in [6.45, 7) is 5.63. The molecule has 0 unspecified atom stereocenters. The van der Waals surface area contributed by atoms with Crippen LogP contribution in [0.25, 0.3) is 10.8 Å². The van der Waals surface area contributed by atoms with Crippen LogP contribution in [-0.2, 0) is 9.53 Å². The number of aliphatic hydroxyl groups excluding tert-OH is 1. The topological polar surface area (TPSA) is 87.7 Å². The van der Waals surface area contributed by atoms with E-state index in [4.69, 9.17) is 4.74 Å². The van der Waals surface area contributed by atoms with Crippen LogP contribution < -0.4 is 10.6 Å². The molecule has 0 bridgehead atoms. The molecule has 3 N–H and O–H groups in total. The molecule has 0 radical (unpaired) electrons. The summed E-state index contributed by atoms with van der Waals surface area (Å²) < 4.78 is 5.52. The minimum absolute atomic E-state index is 0.524. The first-order chi connectivity index (χ1) is 15.8. The Labute approximate surface area is 197 Å². The predicted molar refractivity (Wildman–Crippen MR) is 132 cm³/mol. The van der Waals surface area contributed by atoms with Gasteiger partial charge in [-0.05, 0) is 50.5 Å². The maximum atomic E-state index is 13.0. The molecule has 6 heteroatoms. The van der Waals surface area contributed by atoms with E-state index in [9.17, 15) is 14.7 Å². The molecule has 33 heavy (non-hydrogen) atoms. The van der Waals surface area contributed by atoms with Crippen molar-refractivity contribution in [2.45, 2.75) is 89.9 Å². The number of hydrogen-bond acceptors (Lipinski definition) is 4. The summed E-state index contributed by atoms with van der Waals surface area (Å²) in [6.07, 6.45) is 6.11. The number of aliphatic hydroxyl groups is 1. The average Bonchev–Trinajstić information content (AvgIpc) is 2.82. The summed E-state index contributed by atoms with van der Waals surface area (Å²) in [6, 6.07) is 12.7. The SMILES string of the molecule is CCC(C)(C)OC(=O)N[C@H](CCC1CCCCC1)[C@H](O)C(=O)Nc1cccc2ccccc12. The number of alkyl carbamates (subject to hydrolysis) is 1. The van der Waals surface area contributed by atoms with Crippen molar-refractivity contribution in [2.75, 3.05) is 5.32 Å². The molecule has 2 aromatic rings. The summed E-state index contributed by atoms with van der Waals surface area (Å²) >= 11 is 0. The molecule has 2 amide bonds. The molecule has 0 aromatic heterocycles. The number of nitrogens with one attached hydrogen (secondary N) is 2. The molecule has 1 aliphatic rings. The highest BCUT2D eigenvalue weighted by Gasteiger charge is 2.31. The fourth-order valence-electron chi connectivity index (χ4n) is 4.43. The molecule has 1 fully saturated rings. The van der Waals surface area contributed by atoms with Crippen molar-refractivity contribution in [3.05, 3.63) is 42.5 Å². The van der Waals surface area contributed by atoms with Gasteiger partial charge in [-0.25, -0.2) is 4.79 Å². The number of anilines is 1. The van der Waals surface area contributed by atoms with Gasteiger partial charge in [-0.15, -0.1) is 0 Å². The van der Waals surface area contributed by atoms with Gasteiger partial charge in [0.05, 0.1) is 6.04 Å². The number of fused-ring (bicyclic) bond motifs is 1. The lowest BCUT2D eigenvalue weighted by Crippen LogP contribution is -2.50. The Balaban J connectivity index is 1.70. The molecular weight excluding hydrogens is 416 g/mol. The molecule has 2 aromatic carbocycles. The molecule has 1 aliphatic carbocycles. The smallest absolute Gasteiger partial charge is 0.407 e. The highest BCUT2D eigenvalue weighted by atomic mass is 16.6. The first kappa shape index (κ1) is 25.0. The van der Waals surface area contributed by atoms with Gasteiger partial charge >= 0.3 is 6.09 Å². The standard InChI is InChI=1S/C27H38N2O4/c1-4-27(2,3)33-26(32)29-23(18-17-19-11-6-5-7-12-19)24(30)25(31)28-22-16-10-14-20-13-8-9-15-21(20)22/h8-10,13-16,19,23-24,30H,4-7,11-12,17-18H2,1-3H3,(H,28,31)(H,29,32)/t23-,24+/m1/s1. The van der Waals surface area contributed by atoms with Gasteiger partial charge in [-0.2, -0.15) is 0 Å². The van der Waals surface area contributed by atoms with Gasteiger partial charge < -0.3 is 20.5 Å². The van der Waals surface area contributed by atoms with E-state index in [1.54, 1.807) is 0 Å². The maximum Gasteiger partial charge on any atom is 0.407 e. The Morgan fingerprint density at radius 3 is 2.52 bits per heavy atom. The molecular formula is C27H38N2O4. The van der Waals surface area contributed by atoms with Crippen LogP contribution in [-0.4, -0.2) is 34.9 Å². The Hall–Kier alpha value is -2.60. The molecule has 0 saturated heterocycles. The number of ether oxygens (including phenoxy) is 1. The van der Waals surface area contributed by atoms with Crippen LogP contribution in [0, 0.1) is 5.92 Å². The summed E-state index contributed by atoms with van der Waals surface area (Å²) in [4.78, 5) is 25.6. The molecule has 0 heterocycles. The molecule has 6 nitrogen and oxygen atoms in total. The van der Waals surface area contributed by atoms with E-state index in [1.165, 1.54) is 32.1 Å². The second-order valence-corrected chi connectivity index (χ2v) is 9.80. The van der Waals surface area contributed by atoms with E-state index >= 15 is 0 Å². The van der Waals surface area contributed by atoms with Crippen molar-refractivity contribution in [3.63, 3.8) is 0 Å².